The van der Waals surface area contributed by atoms with Gasteiger partial charge in [0.05, 0.1) is 0 Å². The largest absolute Gasteiger partial charge is 0.506 e. The molecule has 1 heterocycles. The Hall–Kier alpha value is -1.95. The van der Waals surface area contributed by atoms with Gasteiger partial charge in [0.2, 0.25) is 4.74 Å². The maximum absolute atomic E-state index is 13.0. The summed E-state index contributed by atoms with van der Waals surface area (Å²) >= 11 is 0.714. The lowest BCUT2D eigenvalue weighted by atomic mass is 10.1. The second-order valence-electron chi connectivity index (χ2n) is 3.51. The van der Waals surface area contributed by atoms with Gasteiger partial charge in [0, 0.05) is 16.6 Å². The van der Waals surface area contributed by atoms with Crippen molar-refractivity contribution in [3.8, 4) is 5.75 Å². The molecule has 2 aromatic rings. The molecule has 0 spiro atoms. The van der Waals surface area contributed by atoms with Crippen LogP contribution in [0.3, 0.4) is 0 Å². The lowest BCUT2D eigenvalue weighted by Gasteiger charge is -2.06. The lowest BCUT2D eigenvalue weighted by molar-refractivity contribution is 0.0954. The molecule has 0 bridgehead atoms. The molecule has 6 heteroatoms. The van der Waals surface area contributed by atoms with Crippen molar-refractivity contribution in [2.45, 2.75) is 0 Å². The van der Waals surface area contributed by atoms with E-state index in [0.717, 1.165) is 12.1 Å². The first-order valence-electron chi connectivity index (χ1n) is 5.07. The number of fused-ring (bicyclic) bond motifs is 1. The van der Waals surface area contributed by atoms with Gasteiger partial charge in [-0.25, -0.2) is 4.39 Å². The maximum Gasteiger partial charge on any atom is 0.259 e. The molecule has 0 aliphatic heterocycles. The van der Waals surface area contributed by atoms with Crippen LogP contribution >= 0.6 is 11.3 Å². The molecule has 18 heavy (non-hydrogen) atoms. The Kier molecular flexibility index (Phi) is 3.29. The van der Waals surface area contributed by atoms with Gasteiger partial charge < -0.3 is 10.4 Å². The van der Waals surface area contributed by atoms with E-state index in [1.54, 1.807) is 0 Å². The third-order valence-corrected chi connectivity index (χ3v) is 3.30. The van der Waals surface area contributed by atoms with Crippen LogP contribution in [0.15, 0.2) is 23.0 Å². The summed E-state index contributed by atoms with van der Waals surface area (Å²) in [6.45, 7) is 3.52. The van der Waals surface area contributed by atoms with Crippen LogP contribution in [0.4, 0.5) is 4.39 Å². The van der Waals surface area contributed by atoms with E-state index in [2.05, 4.69) is 12.2 Å². The summed E-state index contributed by atoms with van der Waals surface area (Å²) in [5.74, 6) is -1.62. The van der Waals surface area contributed by atoms with Crippen LogP contribution in [-0.2, 0) is 0 Å². The number of nitrogens with one attached hydrogen (secondary N) is 1. The highest BCUT2D eigenvalue weighted by Gasteiger charge is 2.18. The Morgan fingerprint density at radius 1 is 1.50 bits per heavy atom. The third-order valence-electron chi connectivity index (χ3n) is 2.35. The van der Waals surface area contributed by atoms with Crippen molar-refractivity contribution in [1.82, 2.24) is 5.32 Å². The molecule has 1 radical (unpaired) electrons. The molecule has 0 atom stereocenters. The smallest absolute Gasteiger partial charge is 0.259 e. The standard InChI is InChI=1S/C12H9FNO3S/c1-2-14-11(16)9-10(15)7-4-3-6(13)5-8(7)18-12(9)17/h3-5,15H,1-2H2,(H,14,16). The number of amides is 1. The van der Waals surface area contributed by atoms with Gasteiger partial charge in [-0.2, -0.15) is 0 Å². The van der Waals surface area contributed by atoms with Crippen molar-refractivity contribution < 1.29 is 14.3 Å². The zero-order valence-corrected chi connectivity index (χ0v) is 10.0. The lowest BCUT2D eigenvalue weighted by Crippen LogP contribution is -2.27. The third kappa shape index (κ3) is 2.06. The van der Waals surface area contributed by atoms with Gasteiger partial charge in [-0.15, -0.1) is 0 Å². The normalized spacial score (nSPS) is 10.6. The van der Waals surface area contributed by atoms with Crippen LogP contribution < -0.4 is 10.1 Å². The number of rotatable bonds is 2. The number of aromatic hydroxyl groups is 1. The summed E-state index contributed by atoms with van der Waals surface area (Å²) in [5, 5.41) is 12.5. The molecule has 0 saturated heterocycles. The van der Waals surface area contributed by atoms with E-state index in [1.807, 2.05) is 0 Å². The number of carbonyl (C=O) groups excluding carboxylic acids is 1. The second-order valence-corrected chi connectivity index (χ2v) is 4.52. The zero-order valence-electron chi connectivity index (χ0n) is 9.20. The summed E-state index contributed by atoms with van der Waals surface area (Å²) < 4.78 is 12.7. The van der Waals surface area contributed by atoms with E-state index >= 15 is 0 Å². The predicted molar refractivity (Wildman–Crippen MR) is 67.4 cm³/mol. The molecule has 0 unspecified atom stereocenters. The fourth-order valence-electron chi connectivity index (χ4n) is 1.56. The van der Waals surface area contributed by atoms with Gasteiger partial charge in [-0.3, -0.25) is 9.59 Å². The minimum absolute atomic E-state index is 0.101. The van der Waals surface area contributed by atoms with E-state index in [4.69, 9.17) is 0 Å². The molecule has 93 valence electrons. The van der Waals surface area contributed by atoms with E-state index in [-0.39, 0.29) is 17.5 Å². The van der Waals surface area contributed by atoms with Crippen LogP contribution in [0.2, 0.25) is 0 Å². The van der Waals surface area contributed by atoms with Gasteiger partial charge in [-0.05, 0) is 25.1 Å². The molecule has 2 N–H and O–H groups in total. The summed E-state index contributed by atoms with van der Waals surface area (Å²) in [6.07, 6.45) is 0. The number of hydrogen-bond acceptors (Lipinski definition) is 4. The van der Waals surface area contributed by atoms with Crippen LogP contribution in [0.5, 0.6) is 5.75 Å². The first kappa shape index (κ1) is 12.5. The number of halogens is 1. The zero-order chi connectivity index (χ0) is 13.3. The average molecular weight is 266 g/mol. The molecule has 4 nitrogen and oxygen atoms in total. The van der Waals surface area contributed by atoms with Crippen LogP contribution in [-0.4, -0.2) is 17.6 Å². The van der Waals surface area contributed by atoms with Crippen molar-refractivity contribution >= 4 is 27.3 Å². The Morgan fingerprint density at radius 3 is 2.89 bits per heavy atom. The van der Waals surface area contributed by atoms with Crippen molar-refractivity contribution in [3.05, 3.63) is 46.0 Å². The molecule has 1 aromatic carbocycles. The quantitative estimate of drug-likeness (QED) is 0.869. The average Bonchev–Trinajstić information content (AvgIpc) is 2.28. The van der Waals surface area contributed by atoms with Crippen molar-refractivity contribution in [1.29, 1.82) is 0 Å². The first-order valence-corrected chi connectivity index (χ1v) is 5.89. The minimum Gasteiger partial charge on any atom is -0.506 e. The minimum atomic E-state index is -0.685. The Labute approximate surface area is 106 Å². The molecule has 1 amide bonds. The highest BCUT2D eigenvalue weighted by atomic mass is 32.1. The number of benzene rings is 1. The van der Waals surface area contributed by atoms with Gasteiger partial charge in [0.25, 0.3) is 5.91 Å². The molecule has 1 aromatic heterocycles. The number of carbonyl (C=O) groups is 1. The summed E-state index contributed by atoms with van der Waals surface area (Å²) in [7, 11) is 0. The molecule has 2 rings (SSSR count). The molecular formula is C12H9FNO3S. The van der Waals surface area contributed by atoms with Crippen molar-refractivity contribution in [3.63, 3.8) is 0 Å². The second kappa shape index (κ2) is 4.73. The van der Waals surface area contributed by atoms with Crippen LogP contribution in [0.1, 0.15) is 10.4 Å². The maximum atomic E-state index is 13.0. The highest BCUT2D eigenvalue weighted by Crippen LogP contribution is 2.29. The fourth-order valence-corrected chi connectivity index (χ4v) is 2.50. The van der Waals surface area contributed by atoms with Gasteiger partial charge in [0.15, 0.2) is 0 Å². The monoisotopic (exact) mass is 266 g/mol. The summed E-state index contributed by atoms with van der Waals surface area (Å²) in [5.41, 5.74) is -0.331. The number of hydrogen-bond donors (Lipinski definition) is 2. The van der Waals surface area contributed by atoms with Gasteiger partial charge in [-0.1, -0.05) is 11.3 Å². The molecule has 0 saturated carbocycles. The predicted octanol–water partition coefficient (Wildman–Crippen LogP) is 1.67. The highest BCUT2D eigenvalue weighted by molar-refractivity contribution is 7.16. The SMILES string of the molecule is [CH2]CNC(=O)c1c(O)c2ccc(F)cc2sc1=O. The Balaban J connectivity index is 2.73. The molecule has 0 aliphatic carbocycles. The molecule has 0 fully saturated rings. The van der Waals surface area contributed by atoms with E-state index in [0.29, 0.717) is 16.0 Å². The molecular weight excluding hydrogens is 257 g/mol. The van der Waals surface area contributed by atoms with Crippen molar-refractivity contribution in [2.24, 2.45) is 0 Å². The van der Waals surface area contributed by atoms with Crippen LogP contribution in [0, 0.1) is 12.7 Å². The Bertz CT molecular complexity index is 681. The topological polar surface area (TPSA) is 66.4 Å². The van der Waals surface area contributed by atoms with Gasteiger partial charge in [0.1, 0.15) is 17.1 Å². The van der Waals surface area contributed by atoms with Crippen molar-refractivity contribution in [2.75, 3.05) is 6.54 Å². The molecule has 0 aliphatic rings. The van der Waals surface area contributed by atoms with E-state index in [1.165, 1.54) is 6.07 Å². The first-order chi connectivity index (χ1) is 8.54. The van der Waals surface area contributed by atoms with Crippen LogP contribution in [0.25, 0.3) is 10.1 Å². The Morgan fingerprint density at radius 2 is 2.22 bits per heavy atom. The van der Waals surface area contributed by atoms with E-state index < -0.39 is 22.2 Å². The summed E-state index contributed by atoms with van der Waals surface area (Å²) in [6, 6.07) is 3.63. The van der Waals surface area contributed by atoms with E-state index in [9.17, 15) is 19.1 Å². The summed E-state index contributed by atoms with van der Waals surface area (Å²) in [4.78, 5) is 23.4. The van der Waals surface area contributed by atoms with Gasteiger partial charge >= 0.3 is 0 Å². The fraction of sp³-hybridized carbons (Fsp3) is 0.0833.